The van der Waals surface area contributed by atoms with Crippen LogP contribution in [0.15, 0.2) is 259 Å². The lowest BCUT2D eigenvalue weighted by molar-refractivity contribution is 0.669. The smallest absolute Gasteiger partial charge is 0.136 e. The Kier molecular flexibility index (Phi) is 9.17. The second kappa shape index (κ2) is 16.0. The Balaban J connectivity index is 0.874. The lowest BCUT2D eigenvalue weighted by Crippen LogP contribution is -2.11. The van der Waals surface area contributed by atoms with Crippen LogP contribution in [0.1, 0.15) is 0 Å². The molecule has 0 aliphatic rings. The van der Waals surface area contributed by atoms with Gasteiger partial charge in [0.1, 0.15) is 11.2 Å². The minimum absolute atomic E-state index is 0.879. The molecular formula is C64H42N2O. The summed E-state index contributed by atoms with van der Waals surface area (Å²) in [6.07, 6.45) is 0. The maximum atomic E-state index is 6.40. The van der Waals surface area contributed by atoms with Crippen LogP contribution in [0, 0.1) is 0 Å². The summed E-state index contributed by atoms with van der Waals surface area (Å²) in [5.74, 6) is 0. The van der Waals surface area contributed by atoms with E-state index in [4.69, 9.17) is 4.42 Å². The van der Waals surface area contributed by atoms with Crippen LogP contribution >= 0.6 is 0 Å². The molecule has 0 atom stereocenters. The van der Waals surface area contributed by atoms with Gasteiger partial charge in [-0.1, -0.05) is 188 Å². The van der Waals surface area contributed by atoms with E-state index in [0.717, 1.165) is 66.9 Å². The Hall–Kier alpha value is -8.92. The number of para-hydroxylation sites is 4. The average Bonchev–Trinajstić information content (AvgIpc) is 3.95. The van der Waals surface area contributed by atoms with Gasteiger partial charge in [-0.2, -0.15) is 0 Å². The van der Waals surface area contributed by atoms with Crippen molar-refractivity contribution < 1.29 is 4.42 Å². The molecular weight excluding hydrogens is 813 g/mol. The van der Waals surface area contributed by atoms with Crippen molar-refractivity contribution in [3.8, 4) is 50.2 Å². The second-order valence-electron chi connectivity index (χ2n) is 17.2. The van der Waals surface area contributed by atoms with Crippen LogP contribution in [0.4, 0.5) is 17.1 Å². The third-order valence-electron chi connectivity index (χ3n) is 13.4. The SMILES string of the molecule is c1cc(-c2cccc3ccccc23)cc(N(c2ccc(-c3ccc(-c4ccc(-n5c6ccccc6c6ccccc65)cc4)cc3)cc2)c2ccccc2-c2cccc3oc4ccccc4c23)c1. The fraction of sp³-hybridized carbons (Fsp3) is 0. The molecule has 2 heterocycles. The maximum absolute atomic E-state index is 6.40. The molecule has 0 saturated heterocycles. The van der Waals surface area contributed by atoms with Crippen LogP contribution in [0.3, 0.4) is 0 Å². The first kappa shape index (κ1) is 38.5. The minimum Gasteiger partial charge on any atom is -0.456 e. The predicted molar refractivity (Wildman–Crippen MR) is 282 cm³/mol. The van der Waals surface area contributed by atoms with Crippen LogP contribution in [-0.4, -0.2) is 4.57 Å². The van der Waals surface area contributed by atoms with Crippen molar-refractivity contribution in [2.45, 2.75) is 0 Å². The maximum Gasteiger partial charge on any atom is 0.136 e. The van der Waals surface area contributed by atoms with Crippen molar-refractivity contribution in [3.63, 3.8) is 0 Å². The molecule has 0 saturated carbocycles. The van der Waals surface area contributed by atoms with E-state index in [0.29, 0.717) is 0 Å². The van der Waals surface area contributed by atoms with Gasteiger partial charge in [0.15, 0.2) is 0 Å². The molecule has 0 N–H and O–H groups in total. The van der Waals surface area contributed by atoms with Gasteiger partial charge < -0.3 is 13.9 Å². The number of benzene rings is 11. The standard InChI is InChI=1S/C64H42N2O/c1-2-18-52-47(14-1)15-12-23-53(52)48-16-11-17-51(42-48)65(59-25-7-5-21-56(59)57-24-13-29-63-64(57)58-22-6-10-28-62(58)67-63)49-38-34-45(35-39-49)43-30-32-44(33-31-43)46-36-40-50(41-37-46)66-60-26-8-3-19-54(60)55-20-4-9-27-61(55)66/h1-42H. The third kappa shape index (κ3) is 6.59. The number of fused-ring (bicyclic) bond motifs is 7. The molecule has 13 rings (SSSR count). The number of anilines is 3. The number of hydrogen-bond donors (Lipinski definition) is 0. The molecule has 0 unspecified atom stereocenters. The number of hydrogen-bond acceptors (Lipinski definition) is 2. The normalized spacial score (nSPS) is 11.6. The van der Waals surface area contributed by atoms with E-state index in [9.17, 15) is 0 Å². The molecule has 0 fully saturated rings. The van der Waals surface area contributed by atoms with Gasteiger partial charge in [0.05, 0.1) is 16.7 Å². The Morgan fingerprint density at radius 1 is 0.313 bits per heavy atom. The van der Waals surface area contributed by atoms with Crippen molar-refractivity contribution in [3.05, 3.63) is 255 Å². The quantitative estimate of drug-likeness (QED) is 0.152. The summed E-state index contributed by atoms with van der Waals surface area (Å²) in [4.78, 5) is 2.40. The number of nitrogens with zero attached hydrogens (tertiary/aromatic N) is 2. The number of rotatable bonds is 8. The minimum atomic E-state index is 0.879. The van der Waals surface area contributed by atoms with Crippen LogP contribution in [0.25, 0.3) is 105 Å². The molecule has 3 heteroatoms. The molecule has 0 bridgehead atoms. The molecule has 67 heavy (non-hydrogen) atoms. The van der Waals surface area contributed by atoms with Gasteiger partial charge in [-0.25, -0.2) is 0 Å². The largest absolute Gasteiger partial charge is 0.456 e. The zero-order valence-corrected chi connectivity index (χ0v) is 36.6. The molecule has 3 nitrogen and oxygen atoms in total. The summed E-state index contributed by atoms with van der Waals surface area (Å²) >= 11 is 0. The van der Waals surface area contributed by atoms with E-state index < -0.39 is 0 Å². The van der Waals surface area contributed by atoms with Gasteiger partial charge in [0, 0.05) is 44.2 Å². The first-order chi connectivity index (χ1) is 33.2. The van der Waals surface area contributed by atoms with E-state index in [1.54, 1.807) is 0 Å². The fourth-order valence-corrected chi connectivity index (χ4v) is 10.3. The van der Waals surface area contributed by atoms with Crippen molar-refractivity contribution in [2.24, 2.45) is 0 Å². The van der Waals surface area contributed by atoms with E-state index in [1.807, 2.05) is 6.07 Å². The molecule has 314 valence electrons. The molecule has 0 aliphatic heterocycles. The van der Waals surface area contributed by atoms with Crippen LogP contribution in [-0.2, 0) is 0 Å². The van der Waals surface area contributed by atoms with Crippen molar-refractivity contribution in [1.82, 2.24) is 4.57 Å². The van der Waals surface area contributed by atoms with Crippen molar-refractivity contribution >= 4 is 71.6 Å². The second-order valence-corrected chi connectivity index (χ2v) is 17.2. The highest BCUT2D eigenvalue weighted by Gasteiger charge is 2.21. The van der Waals surface area contributed by atoms with E-state index in [1.165, 1.54) is 54.8 Å². The molecule has 2 aromatic heterocycles. The Labute approximate surface area is 388 Å². The monoisotopic (exact) mass is 854 g/mol. The first-order valence-electron chi connectivity index (χ1n) is 22.9. The molecule has 0 aliphatic carbocycles. The number of aromatic nitrogens is 1. The van der Waals surface area contributed by atoms with Gasteiger partial charge in [0.25, 0.3) is 0 Å². The van der Waals surface area contributed by atoms with Gasteiger partial charge in [-0.3, -0.25) is 0 Å². The van der Waals surface area contributed by atoms with Gasteiger partial charge >= 0.3 is 0 Å². The third-order valence-corrected chi connectivity index (χ3v) is 13.4. The fourth-order valence-electron chi connectivity index (χ4n) is 10.3. The summed E-state index contributed by atoms with van der Waals surface area (Å²) in [5.41, 5.74) is 17.9. The predicted octanol–water partition coefficient (Wildman–Crippen LogP) is 18.0. The van der Waals surface area contributed by atoms with Gasteiger partial charge in [0.2, 0.25) is 0 Å². The van der Waals surface area contributed by atoms with Crippen LogP contribution in [0.2, 0.25) is 0 Å². The van der Waals surface area contributed by atoms with Gasteiger partial charge in [-0.15, -0.1) is 0 Å². The lowest BCUT2D eigenvalue weighted by atomic mass is 9.95. The van der Waals surface area contributed by atoms with E-state index in [-0.39, 0.29) is 0 Å². The van der Waals surface area contributed by atoms with Gasteiger partial charge in [-0.05, 0) is 116 Å². The average molecular weight is 855 g/mol. The van der Waals surface area contributed by atoms with E-state index >= 15 is 0 Å². The van der Waals surface area contributed by atoms with Crippen molar-refractivity contribution in [2.75, 3.05) is 4.90 Å². The topological polar surface area (TPSA) is 21.3 Å². The highest BCUT2D eigenvalue weighted by Crippen LogP contribution is 2.46. The Morgan fingerprint density at radius 3 is 1.55 bits per heavy atom. The highest BCUT2D eigenvalue weighted by molar-refractivity contribution is 6.14. The molecule has 0 radical (unpaired) electrons. The summed E-state index contributed by atoms with van der Waals surface area (Å²) in [6.45, 7) is 0. The summed E-state index contributed by atoms with van der Waals surface area (Å²) in [5, 5.41) is 7.23. The zero-order valence-electron chi connectivity index (χ0n) is 36.6. The molecule has 11 aromatic carbocycles. The summed E-state index contributed by atoms with van der Waals surface area (Å²) in [6, 6.07) is 91.9. The van der Waals surface area contributed by atoms with Crippen molar-refractivity contribution in [1.29, 1.82) is 0 Å². The molecule has 13 aromatic rings. The van der Waals surface area contributed by atoms with E-state index in [2.05, 4.69) is 258 Å². The molecule has 0 amide bonds. The Morgan fingerprint density at radius 2 is 0.821 bits per heavy atom. The first-order valence-corrected chi connectivity index (χ1v) is 22.9. The van der Waals surface area contributed by atoms with Crippen LogP contribution in [0.5, 0.6) is 0 Å². The summed E-state index contributed by atoms with van der Waals surface area (Å²) in [7, 11) is 0. The lowest BCUT2D eigenvalue weighted by Gasteiger charge is -2.28. The van der Waals surface area contributed by atoms with Crippen LogP contribution < -0.4 is 4.90 Å². The molecule has 0 spiro atoms. The summed E-state index contributed by atoms with van der Waals surface area (Å²) < 4.78 is 8.77. The zero-order chi connectivity index (χ0) is 44.3. The highest BCUT2D eigenvalue weighted by atomic mass is 16.3. The number of furan rings is 1. The Bertz CT molecular complexity index is 3910.